The fourth-order valence-corrected chi connectivity index (χ4v) is 2.74. The largest absolute Gasteiger partial charge is 0.505 e. The third-order valence-corrected chi connectivity index (χ3v) is 4.24. The summed E-state index contributed by atoms with van der Waals surface area (Å²) in [6, 6.07) is 1.42. The van der Waals surface area contributed by atoms with Gasteiger partial charge in [-0.25, -0.2) is 14.8 Å². The third-order valence-electron chi connectivity index (χ3n) is 4.24. The second-order valence-corrected chi connectivity index (χ2v) is 6.39. The summed E-state index contributed by atoms with van der Waals surface area (Å²) in [5, 5.41) is 10.4. The highest BCUT2D eigenvalue weighted by Crippen LogP contribution is 2.28. The number of terminal acetylenes is 1. The van der Waals surface area contributed by atoms with E-state index in [0.717, 1.165) is 0 Å². The number of pyridine rings is 1. The van der Waals surface area contributed by atoms with E-state index in [4.69, 9.17) is 30.1 Å². The van der Waals surface area contributed by atoms with Gasteiger partial charge in [0.2, 0.25) is 5.54 Å². The van der Waals surface area contributed by atoms with Crippen LogP contribution in [0.4, 0.5) is 0 Å². The Morgan fingerprint density at radius 3 is 2.50 bits per heavy atom. The van der Waals surface area contributed by atoms with E-state index < -0.39 is 11.5 Å². The van der Waals surface area contributed by atoms with Crippen molar-refractivity contribution >= 4 is 11.8 Å². The summed E-state index contributed by atoms with van der Waals surface area (Å²) in [7, 11) is 4.56. The molecule has 2 rings (SSSR count). The van der Waals surface area contributed by atoms with Crippen molar-refractivity contribution in [2.24, 2.45) is 4.99 Å². The number of aliphatic imine (C=N–C) groups is 1. The Bertz CT molecular complexity index is 793. The van der Waals surface area contributed by atoms with E-state index in [-0.39, 0.29) is 24.6 Å². The molecule has 2 heterocycles. The monoisotopic (exact) mass is 421 g/mol. The topological polar surface area (TPSA) is 112 Å². The SMILES string of the molecule is C#C[C@]1(C(=O)OC)CN(C)C(c2ncc(OCCOCCOCCOC)cc2O)=N1. The van der Waals surface area contributed by atoms with E-state index in [0.29, 0.717) is 44.6 Å². The summed E-state index contributed by atoms with van der Waals surface area (Å²) in [6.07, 6.45) is 6.97. The molecular weight excluding hydrogens is 394 g/mol. The molecule has 0 spiro atoms. The zero-order chi connectivity index (χ0) is 22.0. The van der Waals surface area contributed by atoms with Crippen LogP contribution >= 0.6 is 0 Å². The molecule has 1 aromatic rings. The Labute approximate surface area is 175 Å². The number of hydrogen-bond acceptors (Lipinski definition) is 10. The molecule has 0 saturated heterocycles. The number of methoxy groups -OCH3 is 2. The Kier molecular flexibility index (Phi) is 8.86. The molecule has 0 saturated carbocycles. The second-order valence-electron chi connectivity index (χ2n) is 6.39. The van der Waals surface area contributed by atoms with Crippen LogP contribution in [0.25, 0.3) is 0 Å². The first-order valence-corrected chi connectivity index (χ1v) is 9.31. The molecule has 1 aliphatic rings. The van der Waals surface area contributed by atoms with Crippen molar-refractivity contribution in [3.63, 3.8) is 0 Å². The zero-order valence-corrected chi connectivity index (χ0v) is 17.4. The van der Waals surface area contributed by atoms with Crippen molar-refractivity contribution in [2.75, 3.05) is 67.5 Å². The lowest BCUT2D eigenvalue weighted by Crippen LogP contribution is -2.41. The van der Waals surface area contributed by atoms with Gasteiger partial charge in [-0.05, 0) is 0 Å². The molecule has 0 bridgehead atoms. The van der Waals surface area contributed by atoms with E-state index in [1.807, 2.05) is 0 Å². The van der Waals surface area contributed by atoms with Gasteiger partial charge in [0.1, 0.15) is 23.8 Å². The number of hydrogen-bond donors (Lipinski definition) is 1. The third kappa shape index (κ3) is 5.82. The predicted octanol–water partition coefficient (Wildman–Crippen LogP) is 0.0826. The summed E-state index contributed by atoms with van der Waals surface area (Å²) in [4.78, 5) is 22.2. The summed E-state index contributed by atoms with van der Waals surface area (Å²) in [5.74, 6) is 2.25. The molecule has 1 atom stereocenters. The smallest absolute Gasteiger partial charge is 0.348 e. The Morgan fingerprint density at radius 2 is 1.90 bits per heavy atom. The van der Waals surface area contributed by atoms with Crippen LogP contribution in [0.3, 0.4) is 0 Å². The lowest BCUT2D eigenvalue weighted by molar-refractivity contribution is -0.144. The first-order chi connectivity index (χ1) is 14.5. The molecule has 1 aromatic heterocycles. The van der Waals surface area contributed by atoms with Gasteiger partial charge in [0, 0.05) is 20.2 Å². The number of carbonyl (C=O) groups excluding carboxylic acids is 1. The van der Waals surface area contributed by atoms with Gasteiger partial charge >= 0.3 is 5.97 Å². The fourth-order valence-electron chi connectivity index (χ4n) is 2.74. The fraction of sp³-hybridized carbons (Fsp3) is 0.550. The van der Waals surface area contributed by atoms with E-state index in [2.05, 4.69) is 15.9 Å². The van der Waals surface area contributed by atoms with Gasteiger partial charge in [-0.3, -0.25) is 0 Å². The van der Waals surface area contributed by atoms with Crippen LogP contribution in [0.5, 0.6) is 11.5 Å². The highest BCUT2D eigenvalue weighted by molar-refractivity contribution is 6.04. The van der Waals surface area contributed by atoms with Crippen molar-refractivity contribution in [3.8, 4) is 23.8 Å². The maximum Gasteiger partial charge on any atom is 0.348 e. The number of nitrogens with zero attached hydrogens (tertiary/aromatic N) is 3. The lowest BCUT2D eigenvalue weighted by atomic mass is 10.0. The number of amidine groups is 1. The number of esters is 1. The number of likely N-dealkylation sites (N-methyl/N-ethyl adjacent to an activating group) is 1. The van der Waals surface area contributed by atoms with Gasteiger partial charge in [-0.15, -0.1) is 6.42 Å². The van der Waals surface area contributed by atoms with Crippen molar-refractivity contribution in [1.82, 2.24) is 9.88 Å². The van der Waals surface area contributed by atoms with E-state index in [9.17, 15) is 9.90 Å². The maximum atomic E-state index is 12.1. The van der Waals surface area contributed by atoms with Crippen molar-refractivity contribution in [3.05, 3.63) is 18.0 Å². The maximum absolute atomic E-state index is 12.1. The first-order valence-electron chi connectivity index (χ1n) is 9.31. The minimum absolute atomic E-state index is 0.122. The standard InChI is InChI=1S/C20H27N3O7/c1-5-20(19(25)27-4)14-23(2)18(22-20)17-16(24)12-15(13-21-17)30-11-10-29-9-8-28-7-6-26-3/h1,12-13,24H,6-11,14H2,2-4H3/t20-/m1/s1. The van der Waals surface area contributed by atoms with Gasteiger partial charge < -0.3 is 33.7 Å². The van der Waals surface area contributed by atoms with Crippen molar-refractivity contribution in [1.29, 1.82) is 0 Å². The van der Waals surface area contributed by atoms with Gasteiger partial charge in [-0.1, -0.05) is 5.92 Å². The average Bonchev–Trinajstić information content (AvgIpc) is 3.09. The normalized spacial score (nSPS) is 18.1. The van der Waals surface area contributed by atoms with Gasteiger partial charge in [0.25, 0.3) is 0 Å². The van der Waals surface area contributed by atoms with E-state index in [1.165, 1.54) is 19.4 Å². The van der Waals surface area contributed by atoms with Crippen LogP contribution in [0.15, 0.2) is 17.3 Å². The van der Waals surface area contributed by atoms with Crippen LogP contribution in [0.1, 0.15) is 5.69 Å². The Hall–Kier alpha value is -2.87. The number of rotatable bonds is 12. The summed E-state index contributed by atoms with van der Waals surface area (Å²) < 4.78 is 25.8. The molecule has 0 fully saturated rings. The predicted molar refractivity (Wildman–Crippen MR) is 108 cm³/mol. The summed E-state index contributed by atoms with van der Waals surface area (Å²) in [5.41, 5.74) is -1.28. The minimum atomic E-state index is -1.47. The van der Waals surface area contributed by atoms with Crippen LogP contribution in [0, 0.1) is 12.3 Å². The molecular formula is C20H27N3O7. The Morgan fingerprint density at radius 1 is 1.23 bits per heavy atom. The van der Waals surface area contributed by atoms with Crippen LogP contribution in [-0.4, -0.2) is 99.8 Å². The van der Waals surface area contributed by atoms with Crippen LogP contribution in [0.2, 0.25) is 0 Å². The molecule has 0 radical (unpaired) electrons. The molecule has 10 nitrogen and oxygen atoms in total. The molecule has 30 heavy (non-hydrogen) atoms. The number of aromatic hydroxyl groups is 1. The highest BCUT2D eigenvalue weighted by Gasteiger charge is 2.45. The molecule has 164 valence electrons. The molecule has 0 amide bonds. The molecule has 0 aromatic carbocycles. The second kappa shape index (κ2) is 11.3. The van der Waals surface area contributed by atoms with E-state index in [1.54, 1.807) is 19.1 Å². The van der Waals surface area contributed by atoms with Crippen molar-refractivity contribution in [2.45, 2.75) is 5.54 Å². The molecule has 0 aliphatic carbocycles. The first kappa shape index (κ1) is 23.4. The number of carbonyl (C=O) groups is 1. The Balaban J connectivity index is 1.90. The molecule has 1 N–H and O–H groups in total. The minimum Gasteiger partial charge on any atom is -0.505 e. The van der Waals surface area contributed by atoms with Gasteiger partial charge in [0.05, 0.1) is 52.9 Å². The van der Waals surface area contributed by atoms with Gasteiger partial charge in [-0.2, -0.15) is 0 Å². The average molecular weight is 421 g/mol. The van der Waals surface area contributed by atoms with Gasteiger partial charge in [0.15, 0.2) is 5.84 Å². The summed E-state index contributed by atoms with van der Waals surface area (Å²) >= 11 is 0. The molecule has 0 unspecified atom stereocenters. The number of aromatic nitrogens is 1. The number of ether oxygens (including phenoxy) is 5. The quantitative estimate of drug-likeness (QED) is 0.285. The highest BCUT2D eigenvalue weighted by atomic mass is 16.6. The summed E-state index contributed by atoms with van der Waals surface area (Å²) in [6.45, 7) is 2.74. The van der Waals surface area contributed by atoms with Crippen molar-refractivity contribution < 1.29 is 33.6 Å². The van der Waals surface area contributed by atoms with E-state index >= 15 is 0 Å². The molecule has 1 aliphatic heterocycles. The zero-order valence-electron chi connectivity index (χ0n) is 17.4. The van der Waals surface area contributed by atoms with Crippen LogP contribution < -0.4 is 4.74 Å². The molecule has 10 heteroatoms. The van der Waals surface area contributed by atoms with Crippen LogP contribution in [-0.2, 0) is 23.7 Å². The lowest BCUT2D eigenvalue weighted by Gasteiger charge is -2.18.